The number of ether oxygens (including phenoxy) is 2. The van der Waals surface area contributed by atoms with Gasteiger partial charge in [0.1, 0.15) is 12.6 Å². The molecule has 0 aromatic rings. The van der Waals surface area contributed by atoms with Crippen molar-refractivity contribution in [1.29, 1.82) is 0 Å². The second kappa shape index (κ2) is 7.43. The number of hydrogen-bond acceptors (Lipinski definition) is 4. The standard InChI is InChI=1S/C11H19NO3/c1-2-7-14-8-9-15-11(13)10-5-3-4-6-12-10/h2,10,12H,1,3-9H2/t10-/m0/s1. The van der Waals surface area contributed by atoms with Crippen molar-refractivity contribution in [1.82, 2.24) is 5.32 Å². The van der Waals surface area contributed by atoms with Crippen molar-refractivity contribution in [2.45, 2.75) is 25.3 Å². The number of carbonyl (C=O) groups excluding carboxylic acids is 1. The highest BCUT2D eigenvalue weighted by Crippen LogP contribution is 2.07. The summed E-state index contributed by atoms with van der Waals surface area (Å²) in [5.41, 5.74) is 0. The van der Waals surface area contributed by atoms with Gasteiger partial charge in [0, 0.05) is 0 Å². The van der Waals surface area contributed by atoms with Crippen LogP contribution in [0.5, 0.6) is 0 Å². The highest BCUT2D eigenvalue weighted by atomic mass is 16.6. The Morgan fingerprint density at radius 1 is 1.47 bits per heavy atom. The fourth-order valence-electron chi connectivity index (χ4n) is 1.52. The summed E-state index contributed by atoms with van der Waals surface area (Å²) >= 11 is 0. The highest BCUT2D eigenvalue weighted by molar-refractivity contribution is 5.75. The Bertz CT molecular complexity index is 200. The lowest BCUT2D eigenvalue weighted by Crippen LogP contribution is -2.41. The van der Waals surface area contributed by atoms with E-state index in [1.54, 1.807) is 6.08 Å². The van der Waals surface area contributed by atoms with Crippen molar-refractivity contribution < 1.29 is 14.3 Å². The molecule has 0 bridgehead atoms. The average molecular weight is 213 g/mol. The van der Waals surface area contributed by atoms with E-state index in [0.29, 0.717) is 19.8 Å². The van der Waals surface area contributed by atoms with Crippen LogP contribution in [0.25, 0.3) is 0 Å². The summed E-state index contributed by atoms with van der Waals surface area (Å²) in [7, 11) is 0. The van der Waals surface area contributed by atoms with Gasteiger partial charge in [-0.25, -0.2) is 0 Å². The summed E-state index contributed by atoms with van der Waals surface area (Å²) in [4.78, 5) is 11.5. The molecule has 1 fully saturated rings. The molecule has 86 valence electrons. The molecule has 4 heteroatoms. The van der Waals surface area contributed by atoms with Gasteiger partial charge in [-0.1, -0.05) is 12.5 Å². The number of hydrogen-bond donors (Lipinski definition) is 1. The summed E-state index contributed by atoms with van der Waals surface area (Å²) < 4.78 is 10.2. The van der Waals surface area contributed by atoms with E-state index in [2.05, 4.69) is 11.9 Å². The van der Waals surface area contributed by atoms with Crippen LogP contribution >= 0.6 is 0 Å². The molecule has 1 atom stereocenters. The molecule has 0 saturated carbocycles. The van der Waals surface area contributed by atoms with Crippen LogP contribution < -0.4 is 5.32 Å². The molecule has 0 aliphatic carbocycles. The Hall–Kier alpha value is -0.870. The smallest absolute Gasteiger partial charge is 0.323 e. The fraction of sp³-hybridized carbons (Fsp3) is 0.727. The van der Waals surface area contributed by atoms with Crippen molar-refractivity contribution in [3.8, 4) is 0 Å². The van der Waals surface area contributed by atoms with E-state index >= 15 is 0 Å². The first-order valence-corrected chi connectivity index (χ1v) is 5.43. The van der Waals surface area contributed by atoms with Gasteiger partial charge >= 0.3 is 5.97 Å². The zero-order valence-corrected chi connectivity index (χ0v) is 9.04. The highest BCUT2D eigenvalue weighted by Gasteiger charge is 2.21. The van der Waals surface area contributed by atoms with E-state index in [0.717, 1.165) is 25.8 Å². The molecule has 0 aromatic carbocycles. The molecule has 0 spiro atoms. The molecule has 0 radical (unpaired) electrons. The summed E-state index contributed by atoms with van der Waals surface area (Å²) in [6, 6.07) is -0.113. The van der Waals surface area contributed by atoms with Crippen molar-refractivity contribution in [2.24, 2.45) is 0 Å². The third-order valence-electron chi connectivity index (χ3n) is 2.30. The minimum Gasteiger partial charge on any atom is -0.462 e. The van der Waals surface area contributed by atoms with Gasteiger partial charge in [0.05, 0.1) is 13.2 Å². The van der Waals surface area contributed by atoms with E-state index in [9.17, 15) is 4.79 Å². The molecular formula is C11H19NO3. The maximum Gasteiger partial charge on any atom is 0.323 e. The molecule has 1 saturated heterocycles. The lowest BCUT2D eigenvalue weighted by Gasteiger charge is -2.21. The quantitative estimate of drug-likeness (QED) is 0.404. The van der Waals surface area contributed by atoms with Crippen molar-refractivity contribution >= 4 is 5.97 Å². The maximum absolute atomic E-state index is 11.5. The van der Waals surface area contributed by atoms with Crippen LogP contribution in [0.1, 0.15) is 19.3 Å². The molecule has 15 heavy (non-hydrogen) atoms. The molecular weight excluding hydrogens is 194 g/mol. The minimum atomic E-state index is -0.156. The average Bonchev–Trinajstić information content (AvgIpc) is 2.30. The van der Waals surface area contributed by atoms with Gasteiger partial charge in [-0.2, -0.15) is 0 Å². The minimum absolute atomic E-state index is 0.113. The van der Waals surface area contributed by atoms with Crippen LogP contribution in [0.2, 0.25) is 0 Å². The Labute approximate surface area is 90.6 Å². The summed E-state index contributed by atoms with van der Waals surface area (Å²) in [5, 5.41) is 3.14. The normalized spacial score (nSPS) is 20.9. The SMILES string of the molecule is C=CCOCCOC(=O)[C@@H]1CCCCN1. The molecule has 0 amide bonds. The third-order valence-corrected chi connectivity index (χ3v) is 2.30. The first kappa shape index (κ1) is 12.2. The number of rotatable bonds is 6. The predicted octanol–water partition coefficient (Wildman–Crippen LogP) is 0.874. The number of nitrogens with one attached hydrogen (secondary N) is 1. The zero-order valence-electron chi connectivity index (χ0n) is 9.04. The van der Waals surface area contributed by atoms with Gasteiger partial charge in [-0.3, -0.25) is 4.79 Å². The van der Waals surface area contributed by atoms with Crippen LogP contribution in [0.3, 0.4) is 0 Å². The molecule has 1 aliphatic rings. The van der Waals surface area contributed by atoms with Crippen molar-refractivity contribution in [3.05, 3.63) is 12.7 Å². The topological polar surface area (TPSA) is 47.6 Å². The summed E-state index contributed by atoms with van der Waals surface area (Å²) in [5.74, 6) is -0.156. The zero-order chi connectivity index (χ0) is 10.9. The second-order valence-electron chi connectivity index (χ2n) is 3.53. The lowest BCUT2D eigenvalue weighted by molar-refractivity contribution is -0.148. The Morgan fingerprint density at radius 2 is 2.33 bits per heavy atom. The molecule has 4 nitrogen and oxygen atoms in total. The Balaban J connectivity index is 2.04. The molecule has 1 rings (SSSR count). The van der Waals surface area contributed by atoms with E-state index in [-0.39, 0.29) is 12.0 Å². The van der Waals surface area contributed by atoms with Gasteiger partial charge < -0.3 is 14.8 Å². The predicted molar refractivity (Wildman–Crippen MR) is 57.6 cm³/mol. The second-order valence-corrected chi connectivity index (χ2v) is 3.53. The first-order valence-electron chi connectivity index (χ1n) is 5.43. The monoisotopic (exact) mass is 213 g/mol. The van der Waals surface area contributed by atoms with Crippen molar-refractivity contribution in [3.63, 3.8) is 0 Å². The van der Waals surface area contributed by atoms with Gasteiger partial charge in [0.25, 0.3) is 0 Å². The van der Waals surface area contributed by atoms with Gasteiger partial charge in [0.2, 0.25) is 0 Å². The van der Waals surface area contributed by atoms with Crippen LogP contribution in [0.4, 0.5) is 0 Å². The molecule has 1 N–H and O–H groups in total. The number of piperidine rings is 1. The molecule has 0 aromatic heterocycles. The lowest BCUT2D eigenvalue weighted by atomic mass is 10.1. The number of esters is 1. The van der Waals surface area contributed by atoms with E-state index in [1.165, 1.54) is 0 Å². The van der Waals surface area contributed by atoms with Crippen LogP contribution in [-0.2, 0) is 14.3 Å². The number of carbonyl (C=O) groups is 1. The van der Waals surface area contributed by atoms with Gasteiger partial charge in [-0.05, 0) is 19.4 Å². The van der Waals surface area contributed by atoms with Crippen molar-refractivity contribution in [2.75, 3.05) is 26.4 Å². The van der Waals surface area contributed by atoms with E-state index < -0.39 is 0 Å². The summed E-state index contributed by atoms with van der Waals surface area (Å²) in [6.45, 7) is 5.69. The Morgan fingerprint density at radius 3 is 3.00 bits per heavy atom. The van der Waals surface area contributed by atoms with Gasteiger partial charge in [0.15, 0.2) is 0 Å². The van der Waals surface area contributed by atoms with E-state index in [1.807, 2.05) is 0 Å². The van der Waals surface area contributed by atoms with Crippen LogP contribution in [0, 0.1) is 0 Å². The fourth-order valence-corrected chi connectivity index (χ4v) is 1.52. The first-order chi connectivity index (χ1) is 7.34. The molecule has 1 heterocycles. The largest absolute Gasteiger partial charge is 0.462 e. The molecule has 0 unspecified atom stereocenters. The van der Waals surface area contributed by atoms with Gasteiger partial charge in [-0.15, -0.1) is 6.58 Å². The Kier molecular flexibility index (Phi) is 6.04. The van der Waals surface area contributed by atoms with Crippen LogP contribution in [-0.4, -0.2) is 38.4 Å². The summed E-state index contributed by atoms with van der Waals surface area (Å²) in [6.07, 6.45) is 4.79. The third kappa shape index (κ3) is 4.95. The van der Waals surface area contributed by atoms with E-state index in [4.69, 9.17) is 9.47 Å². The maximum atomic E-state index is 11.5. The van der Waals surface area contributed by atoms with Crippen LogP contribution in [0.15, 0.2) is 12.7 Å². The molecule has 1 aliphatic heterocycles.